The summed E-state index contributed by atoms with van der Waals surface area (Å²) < 4.78 is 14.2. The van der Waals surface area contributed by atoms with Crippen LogP contribution < -0.4 is 10.6 Å². The molecule has 0 saturated carbocycles. The molecule has 0 unspecified atom stereocenters. The highest BCUT2D eigenvalue weighted by Crippen LogP contribution is 2.18. The van der Waals surface area contributed by atoms with E-state index in [1.165, 1.54) is 12.3 Å². The van der Waals surface area contributed by atoms with Crippen molar-refractivity contribution in [3.05, 3.63) is 53.0 Å². The van der Waals surface area contributed by atoms with E-state index in [0.717, 1.165) is 11.1 Å². The number of anilines is 2. The minimum Gasteiger partial charge on any atom is -0.368 e. The molecule has 1 heterocycles. The number of hydrogen-bond donors (Lipinski definition) is 2. The van der Waals surface area contributed by atoms with Crippen molar-refractivity contribution >= 4 is 17.4 Å². The zero-order valence-electron chi connectivity index (χ0n) is 12.3. The second-order valence-electron chi connectivity index (χ2n) is 4.80. The van der Waals surface area contributed by atoms with Crippen molar-refractivity contribution in [3.8, 4) is 0 Å². The number of pyridine rings is 1. The lowest BCUT2D eigenvalue weighted by Crippen LogP contribution is -2.15. The lowest BCUT2D eigenvalue weighted by atomic mass is 10.1. The van der Waals surface area contributed by atoms with Gasteiger partial charge in [0, 0.05) is 18.4 Å². The van der Waals surface area contributed by atoms with Crippen molar-refractivity contribution in [1.29, 1.82) is 0 Å². The van der Waals surface area contributed by atoms with Gasteiger partial charge in [-0.1, -0.05) is 6.07 Å². The smallest absolute Gasteiger partial charge is 0.258 e. The van der Waals surface area contributed by atoms with E-state index in [1.54, 1.807) is 6.07 Å². The minimum atomic E-state index is -0.638. The van der Waals surface area contributed by atoms with E-state index in [-0.39, 0.29) is 11.4 Å². The maximum atomic E-state index is 14.2. The third-order valence-corrected chi connectivity index (χ3v) is 3.24. The van der Waals surface area contributed by atoms with Crippen LogP contribution in [-0.2, 0) is 0 Å². The molecule has 0 spiro atoms. The summed E-state index contributed by atoms with van der Waals surface area (Å²) in [4.78, 5) is 16.1. The van der Waals surface area contributed by atoms with Crippen LogP contribution in [0, 0.1) is 19.7 Å². The molecule has 110 valence electrons. The molecule has 2 aromatic rings. The highest BCUT2D eigenvalue weighted by Gasteiger charge is 2.16. The van der Waals surface area contributed by atoms with Gasteiger partial charge in [-0.05, 0) is 50.1 Å². The zero-order chi connectivity index (χ0) is 15.4. The lowest BCUT2D eigenvalue weighted by Gasteiger charge is -2.10. The largest absolute Gasteiger partial charge is 0.368 e. The van der Waals surface area contributed by atoms with Gasteiger partial charge in [0.25, 0.3) is 5.91 Å². The summed E-state index contributed by atoms with van der Waals surface area (Å²) >= 11 is 0. The molecule has 0 aliphatic heterocycles. The average Bonchev–Trinajstić information content (AvgIpc) is 2.45. The number of aryl methyl sites for hydroxylation is 2. The number of carbonyl (C=O) groups excluding carboxylic acids is 1. The fraction of sp³-hybridized carbons (Fsp3) is 0.250. The van der Waals surface area contributed by atoms with Crippen LogP contribution in [0.25, 0.3) is 0 Å². The van der Waals surface area contributed by atoms with Gasteiger partial charge < -0.3 is 10.6 Å². The molecule has 21 heavy (non-hydrogen) atoms. The number of amides is 1. The van der Waals surface area contributed by atoms with Crippen molar-refractivity contribution in [3.63, 3.8) is 0 Å². The Balaban J connectivity index is 2.24. The first-order valence-corrected chi connectivity index (χ1v) is 6.80. The standard InChI is InChI=1S/C16H18FN3O/c1-4-18-15-14(17)13(7-8-19-15)16(21)20-12-6-5-10(2)11(3)9-12/h5-9H,4H2,1-3H3,(H,18,19)(H,20,21). The van der Waals surface area contributed by atoms with Crippen molar-refractivity contribution in [2.75, 3.05) is 17.2 Å². The van der Waals surface area contributed by atoms with Crippen molar-refractivity contribution in [2.45, 2.75) is 20.8 Å². The van der Waals surface area contributed by atoms with Crippen molar-refractivity contribution in [2.24, 2.45) is 0 Å². The Kier molecular flexibility index (Phi) is 4.52. The first-order valence-electron chi connectivity index (χ1n) is 6.80. The summed E-state index contributed by atoms with van der Waals surface area (Å²) in [5.41, 5.74) is 2.82. The second kappa shape index (κ2) is 6.35. The van der Waals surface area contributed by atoms with E-state index >= 15 is 0 Å². The number of nitrogens with zero attached hydrogens (tertiary/aromatic N) is 1. The molecule has 2 rings (SSSR count). The third-order valence-electron chi connectivity index (χ3n) is 3.24. The Morgan fingerprint density at radius 2 is 2.00 bits per heavy atom. The van der Waals surface area contributed by atoms with Gasteiger partial charge in [-0.2, -0.15) is 0 Å². The molecule has 0 bridgehead atoms. The molecule has 2 N–H and O–H groups in total. The average molecular weight is 287 g/mol. The van der Waals surface area contributed by atoms with Gasteiger partial charge in [0.1, 0.15) is 0 Å². The molecule has 1 aromatic carbocycles. The van der Waals surface area contributed by atoms with Gasteiger partial charge in [-0.25, -0.2) is 9.37 Å². The molecule has 0 fully saturated rings. The topological polar surface area (TPSA) is 54.0 Å². The lowest BCUT2D eigenvalue weighted by molar-refractivity contribution is 0.102. The van der Waals surface area contributed by atoms with Crippen LogP contribution in [0.4, 0.5) is 15.9 Å². The Hall–Kier alpha value is -2.43. The van der Waals surface area contributed by atoms with Crippen LogP contribution in [-0.4, -0.2) is 17.4 Å². The van der Waals surface area contributed by atoms with Crippen molar-refractivity contribution in [1.82, 2.24) is 4.98 Å². The molecule has 0 atom stereocenters. The summed E-state index contributed by atoms with van der Waals surface area (Å²) in [6.45, 7) is 6.32. The van der Waals surface area contributed by atoms with E-state index in [0.29, 0.717) is 12.2 Å². The molecule has 1 aromatic heterocycles. The minimum absolute atomic E-state index is 0.0285. The zero-order valence-corrected chi connectivity index (χ0v) is 12.3. The number of halogens is 1. The van der Waals surface area contributed by atoms with E-state index in [4.69, 9.17) is 0 Å². The van der Waals surface area contributed by atoms with E-state index in [9.17, 15) is 9.18 Å². The molecule has 4 nitrogen and oxygen atoms in total. The van der Waals surface area contributed by atoms with Crippen LogP contribution in [0.15, 0.2) is 30.5 Å². The quantitative estimate of drug-likeness (QED) is 0.904. The molecule has 5 heteroatoms. The van der Waals surface area contributed by atoms with Gasteiger partial charge in [0.15, 0.2) is 11.6 Å². The molecular formula is C16H18FN3O. The van der Waals surface area contributed by atoms with Crippen LogP contribution in [0.3, 0.4) is 0 Å². The van der Waals surface area contributed by atoms with Crippen LogP contribution >= 0.6 is 0 Å². The number of benzene rings is 1. The SMILES string of the molecule is CCNc1nccc(C(=O)Nc2ccc(C)c(C)c2)c1F. The second-order valence-corrected chi connectivity index (χ2v) is 4.80. The summed E-state index contributed by atoms with van der Waals surface area (Å²) in [5, 5.41) is 5.49. The number of nitrogens with one attached hydrogen (secondary N) is 2. The molecule has 0 aliphatic rings. The van der Waals surface area contributed by atoms with Crippen molar-refractivity contribution < 1.29 is 9.18 Å². The Bertz CT molecular complexity index is 671. The highest BCUT2D eigenvalue weighted by atomic mass is 19.1. The predicted octanol–water partition coefficient (Wildman–Crippen LogP) is 3.52. The normalized spacial score (nSPS) is 10.3. The van der Waals surface area contributed by atoms with Crippen LogP contribution in [0.5, 0.6) is 0 Å². The molecule has 0 radical (unpaired) electrons. The summed E-state index contributed by atoms with van der Waals surface area (Å²) in [6.07, 6.45) is 1.41. The van der Waals surface area contributed by atoms with E-state index in [1.807, 2.05) is 32.9 Å². The van der Waals surface area contributed by atoms with Crippen LogP contribution in [0.2, 0.25) is 0 Å². The summed E-state index contributed by atoms with van der Waals surface area (Å²) in [6, 6.07) is 6.94. The van der Waals surface area contributed by atoms with E-state index < -0.39 is 11.7 Å². The third kappa shape index (κ3) is 3.37. The first-order chi connectivity index (χ1) is 10.0. The molecule has 1 amide bonds. The monoisotopic (exact) mass is 287 g/mol. The predicted molar refractivity (Wildman–Crippen MR) is 82.2 cm³/mol. The van der Waals surface area contributed by atoms with Gasteiger partial charge >= 0.3 is 0 Å². The molecular weight excluding hydrogens is 269 g/mol. The Morgan fingerprint density at radius 3 is 2.67 bits per heavy atom. The fourth-order valence-electron chi connectivity index (χ4n) is 1.93. The van der Waals surface area contributed by atoms with Gasteiger partial charge in [-0.3, -0.25) is 4.79 Å². The summed E-state index contributed by atoms with van der Waals surface area (Å²) in [5.74, 6) is -1.04. The molecule has 0 saturated heterocycles. The fourth-order valence-corrected chi connectivity index (χ4v) is 1.93. The maximum absolute atomic E-state index is 14.2. The molecule has 0 aliphatic carbocycles. The van der Waals surface area contributed by atoms with Gasteiger partial charge in [0.2, 0.25) is 0 Å². The summed E-state index contributed by atoms with van der Waals surface area (Å²) in [7, 11) is 0. The Labute approximate surface area is 123 Å². The number of carbonyl (C=O) groups is 1. The van der Waals surface area contributed by atoms with E-state index in [2.05, 4.69) is 15.6 Å². The Morgan fingerprint density at radius 1 is 1.24 bits per heavy atom. The number of rotatable bonds is 4. The number of hydrogen-bond acceptors (Lipinski definition) is 3. The maximum Gasteiger partial charge on any atom is 0.258 e. The first kappa shape index (κ1) is 15.0. The van der Waals surface area contributed by atoms with Crippen LogP contribution in [0.1, 0.15) is 28.4 Å². The van der Waals surface area contributed by atoms with Gasteiger partial charge in [0.05, 0.1) is 5.56 Å². The number of aromatic nitrogens is 1. The highest BCUT2D eigenvalue weighted by molar-refractivity contribution is 6.04. The van der Waals surface area contributed by atoms with Gasteiger partial charge in [-0.15, -0.1) is 0 Å².